The maximum Gasteiger partial charge on any atom is 0.0345 e. The standard InChI is InChI=1S/C29H40S2/c1-3-5-6-7-8-9-10-11-12-13-15-27-21-23-29(31-27)25-18-16-24(17-19-25)28-22-20-26(30-28)14-4-2/h16-23H,3-15H2,1-2H3. The molecular formula is C29H40S2. The maximum absolute atomic E-state index is 2.35. The van der Waals surface area contributed by atoms with Crippen LogP contribution in [0.5, 0.6) is 0 Å². The number of aryl methyl sites for hydroxylation is 2. The van der Waals surface area contributed by atoms with Gasteiger partial charge < -0.3 is 0 Å². The lowest BCUT2D eigenvalue weighted by atomic mass is 10.1. The lowest BCUT2D eigenvalue weighted by Crippen LogP contribution is -1.84. The van der Waals surface area contributed by atoms with Gasteiger partial charge in [-0.1, -0.05) is 102 Å². The van der Waals surface area contributed by atoms with E-state index in [-0.39, 0.29) is 0 Å². The van der Waals surface area contributed by atoms with Crippen LogP contribution in [-0.2, 0) is 12.8 Å². The van der Waals surface area contributed by atoms with E-state index in [4.69, 9.17) is 0 Å². The molecule has 1 aromatic carbocycles. The summed E-state index contributed by atoms with van der Waals surface area (Å²) >= 11 is 3.92. The summed E-state index contributed by atoms with van der Waals surface area (Å²) in [5.41, 5.74) is 2.70. The van der Waals surface area contributed by atoms with Crippen molar-refractivity contribution in [2.45, 2.75) is 97.3 Å². The molecule has 0 bridgehead atoms. The molecule has 0 fully saturated rings. The van der Waals surface area contributed by atoms with E-state index in [9.17, 15) is 0 Å². The summed E-state index contributed by atoms with van der Waals surface area (Å²) in [7, 11) is 0. The molecule has 31 heavy (non-hydrogen) atoms. The number of hydrogen-bond donors (Lipinski definition) is 0. The Labute approximate surface area is 198 Å². The Bertz CT molecular complexity index is 853. The highest BCUT2D eigenvalue weighted by atomic mass is 32.1. The van der Waals surface area contributed by atoms with Crippen molar-refractivity contribution in [2.75, 3.05) is 0 Å². The molecule has 0 spiro atoms. The van der Waals surface area contributed by atoms with E-state index in [1.165, 1.54) is 109 Å². The number of rotatable bonds is 15. The van der Waals surface area contributed by atoms with Crippen LogP contribution in [0.2, 0.25) is 0 Å². The van der Waals surface area contributed by atoms with Gasteiger partial charge in [0, 0.05) is 19.5 Å². The normalized spacial score (nSPS) is 11.3. The van der Waals surface area contributed by atoms with Gasteiger partial charge in [-0.2, -0.15) is 0 Å². The Morgan fingerprint density at radius 2 is 0.903 bits per heavy atom. The fourth-order valence-electron chi connectivity index (χ4n) is 4.17. The Hall–Kier alpha value is -1.38. The van der Waals surface area contributed by atoms with Crippen LogP contribution in [0.1, 0.15) is 94.2 Å². The maximum atomic E-state index is 2.35. The van der Waals surface area contributed by atoms with Crippen LogP contribution in [0, 0.1) is 0 Å². The monoisotopic (exact) mass is 452 g/mol. The van der Waals surface area contributed by atoms with Crippen molar-refractivity contribution in [1.82, 2.24) is 0 Å². The predicted molar refractivity (Wildman–Crippen MR) is 143 cm³/mol. The summed E-state index contributed by atoms with van der Waals surface area (Å²) in [6, 6.07) is 18.4. The molecule has 0 aliphatic heterocycles. The van der Waals surface area contributed by atoms with Gasteiger partial charge in [0.05, 0.1) is 0 Å². The van der Waals surface area contributed by atoms with E-state index >= 15 is 0 Å². The molecule has 0 N–H and O–H groups in total. The van der Waals surface area contributed by atoms with Gasteiger partial charge in [-0.15, -0.1) is 22.7 Å². The van der Waals surface area contributed by atoms with Gasteiger partial charge in [-0.25, -0.2) is 0 Å². The Balaban J connectivity index is 1.38. The van der Waals surface area contributed by atoms with Crippen LogP contribution < -0.4 is 0 Å². The van der Waals surface area contributed by atoms with E-state index in [1.54, 1.807) is 4.88 Å². The predicted octanol–water partition coefficient (Wildman–Crippen LogP) is 10.6. The topological polar surface area (TPSA) is 0 Å². The molecule has 0 aliphatic carbocycles. The first kappa shape index (κ1) is 24.3. The van der Waals surface area contributed by atoms with Gasteiger partial charge in [0.15, 0.2) is 0 Å². The summed E-state index contributed by atoms with van der Waals surface area (Å²) in [4.78, 5) is 5.84. The first-order valence-corrected chi connectivity index (χ1v) is 14.2. The molecule has 168 valence electrons. The van der Waals surface area contributed by atoms with Gasteiger partial charge in [-0.05, 0) is 54.7 Å². The zero-order valence-corrected chi connectivity index (χ0v) is 21.3. The smallest absolute Gasteiger partial charge is 0.0345 e. The van der Waals surface area contributed by atoms with Crippen molar-refractivity contribution in [2.24, 2.45) is 0 Å². The first-order chi connectivity index (χ1) is 15.3. The summed E-state index contributed by atoms with van der Waals surface area (Å²) in [5.74, 6) is 0. The highest BCUT2D eigenvalue weighted by Gasteiger charge is 2.06. The van der Waals surface area contributed by atoms with Crippen molar-refractivity contribution in [3.63, 3.8) is 0 Å². The van der Waals surface area contributed by atoms with Crippen LogP contribution in [0.15, 0.2) is 48.5 Å². The van der Waals surface area contributed by atoms with Crippen molar-refractivity contribution in [1.29, 1.82) is 0 Å². The molecule has 2 heteroatoms. The number of unbranched alkanes of at least 4 members (excludes halogenated alkanes) is 9. The van der Waals surface area contributed by atoms with E-state index in [2.05, 4.69) is 62.4 Å². The SMILES string of the molecule is CCCCCCCCCCCCc1ccc(-c2ccc(-c3ccc(CCC)s3)cc2)s1. The molecule has 3 aromatic rings. The van der Waals surface area contributed by atoms with Crippen LogP contribution in [0.3, 0.4) is 0 Å². The summed E-state index contributed by atoms with van der Waals surface area (Å²) in [5, 5.41) is 0. The number of hydrogen-bond acceptors (Lipinski definition) is 2. The van der Waals surface area contributed by atoms with E-state index in [0.717, 1.165) is 0 Å². The molecule has 0 amide bonds. The van der Waals surface area contributed by atoms with Gasteiger partial charge in [0.2, 0.25) is 0 Å². The van der Waals surface area contributed by atoms with Gasteiger partial charge in [-0.3, -0.25) is 0 Å². The molecule has 0 saturated carbocycles. The highest BCUT2D eigenvalue weighted by molar-refractivity contribution is 7.15. The fraction of sp³-hybridized carbons (Fsp3) is 0.517. The van der Waals surface area contributed by atoms with Crippen molar-refractivity contribution in [3.05, 3.63) is 58.3 Å². The molecule has 2 aromatic heterocycles. The zero-order valence-electron chi connectivity index (χ0n) is 19.6. The number of benzene rings is 1. The third kappa shape index (κ3) is 8.24. The van der Waals surface area contributed by atoms with Crippen molar-refractivity contribution >= 4 is 22.7 Å². The molecule has 0 radical (unpaired) electrons. The van der Waals surface area contributed by atoms with Crippen LogP contribution in [0.4, 0.5) is 0 Å². The van der Waals surface area contributed by atoms with Crippen LogP contribution in [0.25, 0.3) is 20.9 Å². The average Bonchev–Trinajstić information content (AvgIpc) is 3.45. The average molecular weight is 453 g/mol. The highest BCUT2D eigenvalue weighted by Crippen LogP contribution is 2.33. The lowest BCUT2D eigenvalue weighted by molar-refractivity contribution is 0.557. The second-order valence-electron chi connectivity index (χ2n) is 8.79. The molecule has 2 heterocycles. The third-order valence-electron chi connectivity index (χ3n) is 6.05. The second kappa shape index (κ2) is 13.9. The molecule has 0 saturated heterocycles. The Morgan fingerprint density at radius 3 is 1.39 bits per heavy atom. The first-order valence-electron chi connectivity index (χ1n) is 12.6. The van der Waals surface area contributed by atoms with Crippen molar-refractivity contribution in [3.8, 4) is 20.9 Å². The summed E-state index contributed by atoms with van der Waals surface area (Å²) in [6.45, 7) is 4.54. The number of thiophene rings is 2. The van der Waals surface area contributed by atoms with E-state index in [1.807, 2.05) is 22.7 Å². The largest absolute Gasteiger partial charge is 0.140 e. The minimum Gasteiger partial charge on any atom is -0.140 e. The van der Waals surface area contributed by atoms with E-state index in [0.29, 0.717) is 0 Å². The van der Waals surface area contributed by atoms with Gasteiger partial charge >= 0.3 is 0 Å². The zero-order chi connectivity index (χ0) is 21.7. The summed E-state index contributed by atoms with van der Waals surface area (Å²) in [6.07, 6.45) is 17.8. The van der Waals surface area contributed by atoms with Crippen LogP contribution >= 0.6 is 22.7 Å². The minimum atomic E-state index is 1.19. The molecule has 0 unspecified atom stereocenters. The quantitative estimate of drug-likeness (QED) is 0.201. The lowest BCUT2D eigenvalue weighted by Gasteiger charge is -2.02. The summed E-state index contributed by atoms with van der Waals surface area (Å²) < 4.78 is 0. The second-order valence-corrected chi connectivity index (χ2v) is 11.1. The van der Waals surface area contributed by atoms with E-state index < -0.39 is 0 Å². The van der Waals surface area contributed by atoms with Gasteiger partial charge in [0.25, 0.3) is 0 Å². The van der Waals surface area contributed by atoms with Crippen LogP contribution in [-0.4, -0.2) is 0 Å². The Morgan fingerprint density at radius 1 is 0.452 bits per heavy atom. The molecular weight excluding hydrogens is 412 g/mol. The van der Waals surface area contributed by atoms with Crippen molar-refractivity contribution < 1.29 is 0 Å². The molecule has 0 atom stereocenters. The molecule has 0 nitrogen and oxygen atoms in total. The van der Waals surface area contributed by atoms with Gasteiger partial charge in [0.1, 0.15) is 0 Å². The minimum absolute atomic E-state index is 1.19. The molecule has 0 aliphatic rings. The third-order valence-corrected chi connectivity index (χ3v) is 8.44. The Kier molecular flexibility index (Phi) is 10.9. The fourth-order valence-corrected chi connectivity index (χ4v) is 6.34. The molecule has 3 rings (SSSR count).